The zero-order valence-corrected chi connectivity index (χ0v) is 15.1. The quantitative estimate of drug-likeness (QED) is 0.642. The van der Waals surface area contributed by atoms with Crippen molar-refractivity contribution in [3.63, 3.8) is 0 Å². The van der Waals surface area contributed by atoms with Gasteiger partial charge in [-0.05, 0) is 35.2 Å². The van der Waals surface area contributed by atoms with E-state index in [9.17, 15) is 4.79 Å². The summed E-state index contributed by atoms with van der Waals surface area (Å²) in [6.45, 7) is 0. The van der Waals surface area contributed by atoms with Crippen molar-refractivity contribution in [1.82, 2.24) is 0 Å². The molecule has 130 valence electrons. The molecule has 0 saturated heterocycles. The van der Waals surface area contributed by atoms with Gasteiger partial charge in [0.1, 0.15) is 0 Å². The number of carbonyl (C=O) groups excluding carboxylic acids is 1. The van der Waals surface area contributed by atoms with Crippen LogP contribution < -0.4 is 5.73 Å². The molecular formula is C23H20ClNO. The normalized spacial score (nSPS) is 21.4. The SMILES string of the molecule is N[C@]1(c2ccccc2)C[C@H]1c1ccc(CC(=O)c2cccc(Cl)c2)cc1. The van der Waals surface area contributed by atoms with Crippen LogP contribution in [-0.4, -0.2) is 5.78 Å². The van der Waals surface area contributed by atoms with E-state index in [1.54, 1.807) is 24.3 Å². The lowest BCUT2D eigenvalue weighted by Crippen LogP contribution is -2.21. The van der Waals surface area contributed by atoms with Crippen LogP contribution in [0, 0.1) is 0 Å². The molecule has 2 N–H and O–H groups in total. The Morgan fingerprint density at radius 1 is 1.00 bits per heavy atom. The molecule has 2 atom stereocenters. The minimum atomic E-state index is -0.265. The molecule has 0 unspecified atom stereocenters. The van der Waals surface area contributed by atoms with Crippen LogP contribution in [0.1, 0.15) is 39.4 Å². The molecule has 2 nitrogen and oxygen atoms in total. The molecule has 26 heavy (non-hydrogen) atoms. The minimum absolute atomic E-state index is 0.0733. The fourth-order valence-electron chi connectivity index (χ4n) is 3.58. The number of nitrogens with two attached hydrogens (primary N) is 1. The Balaban J connectivity index is 1.46. The monoisotopic (exact) mass is 361 g/mol. The van der Waals surface area contributed by atoms with Crippen LogP contribution in [0.2, 0.25) is 5.02 Å². The van der Waals surface area contributed by atoms with E-state index < -0.39 is 0 Å². The van der Waals surface area contributed by atoms with Gasteiger partial charge in [0, 0.05) is 28.5 Å². The fraction of sp³-hybridized carbons (Fsp3) is 0.174. The predicted octanol–water partition coefficient (Wildman–Crippen LogP) is 5.11. The second kappa shape index (κ2) is 6.71. The summed E-state index contributed by atoms with van der Waals surface area (Å²) in [5, 5.41) is 0.583. The average molecular weight is 362 g/mol. The van der Waals surface area contributed by atoms with E-state index >= 15 is 0 Å². The second-order valence-electron chi connectivity index (χ2n) is 7.01. The number of Topliss-reactive ketones (excluding diaryl/α,β-unsaturated/α-hetero) is 1. The topological polar surface area (TPSA) is 43.1 Å². The van der Waals surface area contributed by atoms with Crippen LogP contribution in [0.4, 0.5) is 0 Å². The fourth-order valence-corrected chi connectivity index (χ4v) is 3.77. The summed E-state index contributed by atoms with van der Waals surface area (Å²) in [5.74, 6) is 0.409. The highest BCUT2D eigenvalue weighted by Gasteiger charge is 2.52. The Morgan fingerprint density at radius 2 is 1.73 bits per heavy atom. The zero-order chi connectivity index (χ0) is 18.1. The largest absolute Gasteiger partial charge is 0.321 e. The Morgan fingerprint density at radius 3 is 2.42 bits per heavy atom. The number of hydrogen-bond donors (Lipinski definition) is 1. The Kier molecular flexibility index (Phi) is 4.39. The molecular weight excluding hydrogens is 342 g/mol. The van der Waals surface area contributed by atoms with Gasteiger partial charge in [-0.1, -0.05) is 78.3 Å². The van der Waals surface area contributed by atoms with Crippen molar-refractivity contribution in [3.8, 4) is 0 Å². The first-order valence-electron chi connectivity index (χ1n) is 8.78. The Hall–Kier alpha value is -2.42. The first-order chi connectivity index (χ1) is 12.6. The van der Waals surface area contributed by atoms with Gasteiger partial charge in [-0.15, -0.1) is 0 Å². The van der Waals surface area contributed by atoms with E-state index in [1.165, 1.54) is 11.1 Å². The summed E-state index contributed by atoms with van der Waals surface area (Å²) < 4.78 is 0. The third-order valence-corrected chi connectivity index (χ3v) is 5.44. The smallest absolute Gasteiger partial charge is 0.167 e. The average Bonchev–Trinajstić information content (AvgIpc) is 3.36. The van der Waals surface area contributed by atoms with Gasteiger partial charge in [0.25, 0.3) is 0 Å². The van der Waals surface area contributed by atoms with Gasteiger partial charge >= 0.3 is 0 Å². The van der Waals surface area contributed by atoms with E-state index in [1.807, 2.05) is 30.3 Å². The van der Waals surface area contributed by atoms with Crippen molar-refractivity contribution in [2.45, 2.75) is 24.3 Å². The third kappa shape index (κ3) is 3.31. The highest BCUT2D eigenvalue weighted by molar-refractivity contribution is 6.31. The van der Waals surface area contributed by atoms with Crippen LogP contribution in [0.3, 0.4) is 0 Å². The number of rotatable bonds is 5. The van der Waals surface area contributed by atoms with E-state index in [0.29, 0.717) is 22.9 Å². The summed E-state index contributed by atoms with van der Waals surface area (Å²) in [6, 6.07) is 25.6. The molecule has 0 heterocycles. The predicted molar refractivity (Wildman–Crippen MR) is 106 cm³/mol. The highest BCUT2D eigenvalue weighted by atomic mass is 35.5. The number of benzene rings is 3. The number of hydrogen-bond acceptors (Lipinski definition) is 2. The lowest BCUT2D eigenvalue weighted by atomic mass is 9.97. The first-order valence-corrected chi connectivity index (χ1v) is 9.16. The third-order valence-electron chi connectivity index (χ3n) is 5.21. The van der Waals surface area contributed by atoms with Crippen LogP contribution in [0.15, 0.2) is 78.9 Å². The van der Waals surface area contributed by atoms with E-state index in [-0.39, 0.29) is 11.3 Å². The molecule has 3 heteroatoms. The number of ketones is 1. The molecule has 1 aliphatic carbocycles. The van der Waals surface area contributed by atoms with Gasteiger partial charge in [0.05, 0.1) is 0 Å². The summed E-state index contributed by atoms with van der Waals surface area (Å²) in [4.78, 5) is 12.4. The van der Waals surface area contributed by atoms with Gasteiger partial charge < -0.3 is 5.73 Å². The van der Waals surface area contributed by atoms with Crippen molar-refractivity contribution < 1.29 is 4.79 Å². The molecule has 0 amide bonds. The molecule has 1 saturated carbocycles. The van der Waals surface area contributed by atoms with Crippen LogP contribution in [0.5, 0.6) is 0 Å². The van der Waals surface area contributed by atoms with Crippen molar-refractivity contribution in [2.75, 3.05) is 0 Å². The molecule has 0 aliphatic heterocycles. The maximum Gasteiger partial charge on any atom is 0.167 e. The first kappa shape index (κ1) is 17.0. The molecule has 0 bridgehead atoms. The van der Waals surface area contributed by atoms with E-state index in [0.717, 1.165) is 12.0 Å². The summed E-state index contributed by atoms with van der Waals surface area (Å²) in [5.41, 5.74) is 10.4. The van der Waals surface area contributed by atoms with Crippen LogP contribution >= 0.6 is 11.6 Å². The number of halogens is 1. The molecule has 3 aromatic carbocycles. The molecule has 4 rings (SSSR count). The minimum Gasteiger partial charge on any atom is -0.321 e. The van der Waals surface area contributed by atoms with Gasteiger partial charge in [0.2, 0.25) is 0 Å². The zero-order valence-electron chi connectivity index (χ0n) is 14.4. The van der Waals surface area contributed by atoms with Crippen LogP contribution in [0.25, 0.3) is 0 Å². The number of carbonyl (C=O) groups is 1. The summed E-state index contributed by atoms with van der Waals surface area (Å²) in [7, 11) is 0. The summed E-state index contributed by atoms with van der Waals surface area (Å²) in [6.07, 6.45) is 1.33. The van der Waals surface area contributed by atoms with E-state index in [2.05, 4.69) is 24.3 Å². The molecule has 3 aromatic rings. The molecule has 0 radical (unpaired) electrons. The standard InChI is InChI=1S/C23H20ClNO/c24-20-8-4-5-18(14-20)22(26)13-16-9-11-17(12-10-16)21-15-23(21,25)19-6-2-1-3-7-19/h1-12,14,21H,13,15,25H2/t21-,23-/m0/s1. The Bertz CT molecular complexity index is 936. The maximum atomic E-state index is 12.4. The second-order valence-corrected chi connectivity index (χ2v) is 7.45. The van der Waals surface area contributed by atoms with Gasteiger partial charge in [-0.25, -0.2) is 0 Å². The molecule has 1 fully saturated rings. The van der Waals surface area contributed by atoms with Crippen molar-refractivity contribution in [3.05, 3.63) is 106 Å². The lowest BCUT2D eigenvalue weighted by molar-refractivity contribution is 0.0993. The van der Waals surface area contributed by atoms with Crippen molar-refractivity contribution in [2.24, 2.45) is 5.73 Å². The summed E-state index contributed by atoms with van der Waals surface area (Å²) >= 11 is 5.97. The maximum absolute atomic E-state index is 12.4. The van der Waals surface area contributed by atoms with Gasteiger partial charge in [0.15, 0.2) is 5.78 Å². The molecule has 0 spiro atoms. The van der Waals surface area contributed by atoms with Gasteiger partial charge in [-0.3, -0.25) is 4.79 Å². The van der Waals surface area contributed by atoms with Crippen LogP contribution in [-0.2, 0) is 12.0 Å². The van der Waals surface area contributed by atoms with Gasteiger partial charge in [-0.2, -0.15) is 0 Å². The highest BCUT2D eigenvalue weighted by Crippen LogP contribution is 2.56. The van der Waals surface area contributed by atoms with E-state index in [4.69, 9.17) is 17.3 Å². The van der Waals surface area contributed by atoms with Crippen molar-refractivity contribution >= 4 is 17.4 Å². The van der Waals surface area contributed by atoms with Crippen molar-refractivity contribution in [1.29, 1.82) is 0 Å². The lowest BCUT2D eigenvalue weighted by Gasteiger charge is -2.12. The Labute approximate surface area is 158 Å². The molecule has 0 aromatic heterocycles. The molecule has 1 aliphatic rings.